The highest BCUT2D eigenvalue weighted by molar-refractivity contribution is 5.92. The van der Waals surface area contributed by atoms with E-state index in [-0.39, 0.29) is 5.91 Å². The highest BCUT2D eigenvalue weighted by Gasteiger charge is 2.16. The Morgan fingerprint density at radius 3 is 2.93 bits per heavy atom. The van der Waals surface area contributed by atoms with E-state index in [1.807, 2.05) is 11.0 Å². The normalized spacial score (nSPS) is 16.7. The number of hydrogen-bond donors (Lipinski definition) is 1. The van der Waals surface area contributed by atoms with Crippen molar-refractivity contribution < 1.29 is 4.79 Å². The maximum Gasteiger partial charge on any atom is 0.246 e. The molecule has 0 radical (unpaired) electrons. The number of nitrogens with one attached hydrogen (secondary N) is 1. The maximum atomic E-state index is 12.8. The van der Waals surface area contributed by atoms with Crippen molar-refractivity contribution in [3.63, 3.8) is 0 Å². The third-order valence-corrected chi connectivity index (χ3v) is 5.88. The largest absolute Gasteiger partial charge is 0.344 e. The molecule has 0 fully saturated rings. The molecule has 0 bridgehead atoms. The number of carbonyl (C=O) groups is 1. The number of fused-ring (bicyclic) bond motifs is 1. The molecule has 154 valence electrons. The van der Waals surface area contributed by atoms with E-state index in [2.05, 4.69) is 61.1 Å². The number of aryl methyl sites for hydroxylation is 3. The van der Waals surface area contributed by atoms with E-state index < -0.39 is 0 Å². The molecule has 0 aliphatic carbocycles. The lowest BCUT2D eigenvalue weighted by atomic mass is 9.95. The quantitative estimate of drug-likeness (QED) is 0.714. The molecule has 4 nitrogen and oxygen atoms in total. The topological polar surface area (TPSA) is 45.2 Å². The van der Waals surface area contributed by atoms with Gasteiger partial charge in [-0.3, -0.25) is 4.79 Å². The summed E-state index contributed by atoms with van der Waals surface area (Å²) >= 11 is 0. The monoisotopic (exact) mass is 399 g/mol. The second-order valence-electron chi connectivity index (χ2n) is 8.27. The van der Waals surface area contributed by atoms with Crippen LogP contribution in [-0.2, 0) is 11.2 Å². The summed E-state index contributed by atoms with van der Waals surface area (Å²) in [6, 6.07) is 8.69. The van der Waals surface area contributed by atoms with Gasteiger partial charge in [-0.1, -0.05) is 36.4 Å². The molecule has 0 saturated heterocycles. The highest BCUT2D eigenvalue weighted by atomic mass is 16.2. The fraction of sp³-hybridized carbons (Fsp3) is 0.308. The predicted molar refractivity (Wildman–Crippen MR) is 124 cm³/mol. The minimum absolute atomic E-state index is 0.0534. The van der Waals surface area contributed by atoms with E-state index in [9.17, 15) is 4.79 Å². The van der Waals surface area contributed by atoms with E-state index in [1.54, 1.807) is 12.3 Å². The third kappa shape index (κ3) is 4.54. The van der Waals surface area contributed by atoms with Crippen LogP contribution in [0.4, 0.5) is 5.82 Å². The summed E-state index contributed by atoms with van der Waals surface area (Å²) in [4.78, 5) is 19.2. The smallest absolute Gasteiger partial charge is 0.246 e. The zero-order valence-corrected chi connectivity index (χ0v) is 17.9. The molecule has 4 rings (SSSR count). The molecule has 4 heteroatoms. The number of anilines is 1. The van der Waals surface area contributed by atoms with E-state index in [1.165, 1.54) is 27.8 Å². The van der Waals surface area contributed by atoms with Gasteiger partial charge in [0.2, 0.25) is 5.91 Å². The first-order chi connectivity index (χ1) is 14.5. The van der Waals surface area contributed by atoms with Gasteiger partial charge in [-0.2, -0.15) is 0 Å². The van der Waals surface area contributed by atoms with Crippen LogP contribution >= 0.6 is 0 Å². The van der Waals surface area contributed by atoms with E-state index in [0.29, 0.717) is 6.54 Å². The minimum Gasteiger partial charge on any atom is -0.344 e. The molecule has 0 spiro atoms. The Kier molecular flexibility index (Phi) is 5.84. The number of aromatic nitrogens is 1. The molecule has 3 heterocycles. The van der Waals surface area contributed by atoms with Crippen LogP contribution in [0.1, 0.15) is 47.1 Å². The molecule has 1 amide bonds. The Balaban J connectivity index is 1.44. The predicted octanol–water partition coefficient (Wildman–Crippen LogP) is 5.29. The van der Waals surface area contributed by atoms with Crippen LogP contribution < -0.4 is 5.32 Å². The minimum atomic E-state index is 0.0534. The third-order valence-electron chi connectivity index (χ3n) is 5.88. The van der Waals surface area contributed by atoms with Crippen LogP contribution in [0, 0.1) is 13.8 Å². The van der Waals surface area contributed by atoms with Gasteiger partial charge in [0.25, 0.3) is 0 Å². The Morgan fingerprint density at radius 1 is 1.20 bits per heavy atom. The summed E-state index contributed by atoms with van der Waals surface area (Å²) in [7, 11) is 0. The van der Waals surface area contributed by atoms with Crippen molar-refractivity contribution in [2.45, 2.75) is 39.5 Å². The van der Waals surface area contributed by atoms with Gasteiger partial charge in [-0.25, -0.2) is 4.98 Å². The lowest BCUT2D eigenvalue weighted by molar-refractivity contribution is -0.125. The molecule has 0 unspecified atom stereocenters. The number of hydrogen-bond acceptors (Lipinski definition) is 3. The van der Waals surface area contributed by atoms with Crippen molar-refractivity contribution in [3.8, 4) is 0 Å². The zero-order valence-electron chi connectivity index (χ0n) is 17.9. The molecule has 2 aliphatic heterocycles. The maximum absolute atomic E-state index is 12.8. The molecular weight excluding hydrogens is 370 g/mol. The van der Waals surface area contributed by atoms with Crippen LogP contribution in [0.15, 0.2) is 54.9 Å². The van der Waals surface area contributed by atoms with E-state index >= 15 is 0 Å². The van der Waals surface area contributed by atoms with Crippen molar-refractivity contribution in [1.82, 2.24) is 9.88 Å². The molecule has 1 aromatic carbocycles. The van der Waals surface area contributed by atoms with Gasteiger partial charge in [0.1, 0.15) is 5.82 Å². The number of rotatable bonds is 3. The van der Waals surface area contributed by atoms with Gasteiger partial charge < -0.3 is 10.2 Å². The fourth-order valence-corrected chi connectivity index (χ4v) is 4.11. The summed E-state index contributed by atoms with van der Waals surface area (Å²) < 4.78 is 0. The van der Waals surface area contributed by atoms with Gasteiger partial charge in [0.15, 0.2) is 0 Å². The molecule has 1 aromatic heterocycles. The number of amides is 1. The number of benzene rings is 1. The molecule has 2 aromatic rings. The Bertz CT molecular complexity index is 1050. The summed E-state index contributed by atoms with van der Waals surface area (Å²) in [5, 5.41) is 3.22. The van der Waals surface area contributed by atoms with Crippen molar-refractivity contribution in [2.24, 2.45) is 0 Å². The number of pyridine rings is 1. The summed E-state index contributed by atoms with van der Waals surface area (Å²) in [5.74, 6) is 0.934. The van der Waals surface area contributed by atoms with Crippen LogP contribution in [0.3, 0.4) is 0 Å². The average Bonchev–Trinajstić information content (AvgIpc) is 3.00. The van der Waals surface area contributed by atoms with Crippen LogP contribution in [0.2, 0.25) is 0 Å². The fourth-order valence-electron chi connectivity index (χ4n) is 4.11. The second kappa shape index (κ2) is 8.70. The number of nitrogens with zero attached hydrogens (tertiary/aromatic N) is 2. The van der Waals surface area contributed by atoms with Crippen molar-refractivity contribution >= 4 is 23.4 Å². The first kappa shape index (κ1) is 20.1. The molecule has 30 heavy (non-hydrogen) atoms. The van der Waals surface area contributed by atoms with Crippen LogP contribution in [0.5, 0.6) is 0 Å². The van der Waals surface area contributed by atoms with Gasteiger partial charge >= 0.3 is 0 Å². The lowest BCUT2D eigenvalue weighted by Gasteiger charge is -2.19. The Morgan fingerprint density at radius 2 is 2.07 bits per heavy atom. The van der Waals surface area contributed by atoms with Gasteiger partial charge in [-0.15, -0.1) is 0 Å². The first-order valence-electron chi connectivity index (χ1n) is 10.7. The molecular formula is C26H29N3O. The van der Waals surface area contributed by atoms with Gasteiger partial charge in [0, 0.05) is 31.1 Å². The van der Waals surface area contributed by atoms with E-state index in [4.69, 9.17) is 0 Å². The average molecular weight is 400 g/mol. The lowest BCUT2D eigenvalue weighted by Crippen LogP contribution is -2.29. The van der Waals surface area contributed by atoms with Crippen LogP contribution in [0.25, 0.3) is 11.6 Å². The summed E-state index contributed by atoms with van der Waals surface area (Å²) in [5.41, 5.74) is 8.37. The summed E-state index contributed by atoms with van der Waals surface area (Å²) in [6.45, 7) is 9.69. The van der Waals surface area contributed by atoms with Crippen molar-refractivity contribution in [1.29, 1.82) is 0 Å². The number of allylic oxidation sites excluding steroid dienone is 2. The van der Waals surface area contributed by atoms with Crippen molar-refractivity contribution in [3.05, 3.63) is 82.7 Å². The SMILES string of the molecule is C=C1CCc2cc(/C=C/C(=O)N3CC=C(c4cc(C)ccc4C)CCC3)cnc2N1. The van der Waals surface area contributed by atoms with Crippen LogP contribution in [-0.4, -0.2) is 28.9 Å². The zero-order chi connectivity index (χ0) is 21.1. The standard InChI is InChI=1S/C26H29N3O/c1-18-6-7-19(2)24(15-18)22-5-4-13-29(14-12-22)25(30)11-9-21-16-23-10-8-20(3)28-26(23)27-17-21/h6-7,9,11-12,15-17H,3-5,8,10,13-14H2,1-2H3,(H,27,28)/b11-9+. The van der Waals surface area contributed by atoms with E-state index in [0.717, 1.165) is 49.3 Å². The first-order valence-corrected chi connectivity index (χ1v) is 10.7. The summed E-state index contributed by atoms with van der Waals surface area (Å²) in [6.07, 6.45) is 11.4. The molecule has 2 aliphatic rings. The Labute approximate surface area is 179 Å². The highest BCUT2D eigenvalue weighted by Crippen LogP contribution is 2.27. The molecule has 0 saturated carbocycles. The molecule has 1 N–H and O–H groups in total. The second-order valence-corrected chi connectivity index (χ2v) is 8.27. The van der Waals surface area contributed by atoms with Gasteiger partial charge in [0.05, 0.1) is 0 Å². The van der Waals surface area contributed by atoms with Crippen molar-refractivity contribution in [2.75, 3.05) is 18.4 Å². The number of carbonyl (C=O) groups excluding carboxylic acids is 1. The molecule has 0 atom stereocenters. The Hall–Kier alpha value is -3.14. The van der Waals surface area contributed by atoms with Gasteiger partial charge in [-0.05, 0) is 79.5 Å².